The van der Waals surface area contributed by atoms with Crippen molar-refractivity contribution >= 4 is 0 Å². The molecule has 1 aromatic rings. The molecule has 26 heavy (non-hydrogen) atoms. The molecule has 8 atom stereocenters. The zero-order chi connectivity index (χ0) is 18.5. The second-order valence-electron chi connectivity index (χ2n) is 8.61. The van der Waals surface area contributed by atoms with Gasteiger partial charge < -0.3 is 24.4 Å². The Kier molecular flexibility index (Phi) is 4.55. The van der Waals surface area contributed by atoms with Crippen LogP contribution in [0.25, 0.3) is 0 Å². The van der Waals surface area contributed by atoms with Crippen LogP contribution >= 0.6 is 0 Å². The van der Waals surface area contributed by atoms with E-state index in [2.05, 4.69) is 13.8 Å². The standard InChI is InChI=1S/C21H30O5/c1-13-9-10-17-14(2)18(24-15-7-5-4-6-8-15)25-19-21(17,23)16(13)11-12-20(3,22)26-19/h4-8,13-14,16-19,22-23H,9-12H2,1-3H3. The quantitative estimate of drug-likeness (QED) is 0.845. The van der Waals surface area contributed by atoms with E-state index in [4.69, 9.17) is 14.2 Å². The van der Waals surface area contributed by atoms with Crippen LogP contribution in [0.3, 0.4) is 0 Å². The van der Waals surface area contributed by atoms with Gasteiger partial charge in [-0.1, -0.05) is 32.0 Å². The summed E-state index contributed by atoms with van der Waals surface area (Å²) in [4.78, 5) is 0. The van der Waals surface area contributed by atoms with E-state index in [-0.39, 0.29) is 17.8 Å². The molecule has 0 aromatic heterocycles. The first-order valence-corrected chi connectivity index (χ1v) is 9.81. The first-order valence-electron chi connectivity index (χ1n) is 9.81. The van der Waals surface area contributed by atoms with Crippen LogP contribution in [-0.2, 0) is 9.47 Å². The topological polar surface area (TPSA) is 68.2 Å². The first-order chi connectivity index (χ1) is 12.3. The monoisotopic (exact) mass is 362 g/mol. The summed E-state index contributed by atoms with van der Waals surface area (Å²) in [5.41, 5.74) is -1.09. The molecule has 1 aliphatic carbocycles. The number of ether oxygens (including phenoxy) is 3. The Hall–Kier alpha value is -1.14. The number of benzene rings is 1. The smallest absolute Gasteiger partial charge is 0.205 e. The lowest BCUT2D eigenvalue weighted by molar-refractivity contribution is -0.398. The first kappa shape index (κ1) is 18.2. The molecule has 2 heterocycles. The van der Waals surface area contributed by atoms with Crippen LogP contribution in [0.2, 0.25) is 0 Å². The van der Waals surface area contributed by atoms with Gasteiger partial charge in [0.25, 0.3) is 0 Å². The largest absolute Gasteiger partial charge is 0.465 e. The summed E-state index contributed by atoms with van der Waals surface area (Å²) in [5.74, 6) is -0.0991. The van der Waals surface area contributed by atoms with Crippen molar-refractivity contribution in [3.05, 3.63) is 30.3 Å². The molecule has 8 unspecified atom stereocenters. The van der Waals surface area contributed by atoms with Gasteiger partial charge in [0.05, 0.1) is 0 Å². The van der Waals surface area contributed by atoms with E-state index in [0.29, 0.717) is 12.3 Å². The number of rotatable bonds is 2. The fourth-order valence-corrected chi connectivity index (χ4v) is 5.30. The van der Waals surface area contributed by atoms with Crippen LogP contribution in [0.5, 0.6) is 5.75 Å². The molecule has 5 nitrogen and oxygen atoms in total. The van der Waals surface area contributed by atoms with E-state index in [1.807, 2.05) is 30.3 Å². The predicted molar refractivity (Wildman–Crippen MR) is 96.2 cm³/mol. The molecule has 144 valence electrons. The highest BCUT2D eigenvalue weighted by atomic mass is 16.8. The van der Waals surface area contributed by atoms with Gasteiger partial charge in [0.15, 0.2) is 12.1 Å². The van der Waals surface area contributed by atoms with Gasteiger partial charge in [-0.05, 0) is 50.2 Å². The molecule has 1 saturated carbocycles. The molecule has 2 N–H and O–H groups in total. The molecular weight excluding hydrogens is 332 g/mol. The summed E-state index contributed by atoms with van der Waals surface area (Å²) in [6.45, 7) is 5.93. The zero-order valence-electron chi connectivity index (χ0n) is 15.8. The van der Waals surface area contributed by atoms with E-state index in [1.54, 1.807) is 6.92 Å². The Bertz CT molecular complexity index is 633. The molecule has 3 fully saturated rings. The van der Waals surface area contributed by atoms with Crippen LogP contribution in [0.4, 0.5) is 0 Å². The van der Waals surface area contributed by atoms with Crippen molar-refractivity contribution in [3.63, 3.8) is 0 Å². The zero-order valence-corrected chi connectivity index (χ0v) is 15.8. The van der Waals surface area contributed by atoms with Gasteiger partial charge >= 0.3 is 0 Å². The number of hydrogen-bond acceptors (Lipinski definition) is 5. The molecule has 0 spiro atoms. The fraction of sp³-hybridized carbons (Fsp3) is 0.714. The number of hydrogen-bond donors (Lipinski definition) is 2. The maximum atomic E-state index is 11.8. The molecule has 5 heteroatoms. The summed E-state index contributed by atoms with van der Waals surface area (Å²) >= 11 is 0. The van der Waals surface area contributed by atoms with Crippen LogP contribution in [0.1, 0.15) is 46.5 Å². The molecule has 2 saturated heterocycles. The van der Waals surface area contributed by atoms with E-state index < -0.39 is 24.0 Å². The highest BCUT2D eigenvalue weighted by Gasteiger charge is 2.63. The van der Waals surface area contributed by atoms with Crippen molar-refractivity contribution in [3.8, 4) is 5.75 Å². The van der Waals surface area contributed by atoms with E-state index in [0.717, 1.165) is 25.0 Å². The second kappa shape index (κ2) is 6.48. The molecule has 0 bridgehead atoms. The highest BCUT2D eigenvalue weighted by molar-refractivity contribution is 5.21. The lowest BCUT2D eigenvalue weighted by atomic mass is 9.58. The Balaban J connectivity index is 1.67. The minimum absolute atomic E-state index is 0.0186. The minimum atomic E-state index is -1.31. The van der Waals surface area contributed by atoms with Crippen LogP contribution < -0.4 is 4.74 Å². The second-order valence-corrected chi connectivity index (χ2v) is 8.61. The van der Waals surface area contributed by atoms with Gasteiger partial charge in [-0.25, -0.2) is 0 Å². The van der Waals surface area contributed by atoms with Crippen molar-refractivity contribution in [2.24, 2.45) is 23.7 Å². The van der Waals surface area contributed by atoms with Crippen molar-refractivity contribution < 1.29 is 24.4 Å². The maximum absolute atomic E-state index is 11.8. The summed E-state index contributed by atoms with van der Waals surface area (Å²) < 4.78 is 18.2. The third-order valence-electron chi connectivity index (χ3n) is 6.78. The van der Waals surface area contributed by atoms with Crippen molar-refractivity contribution in [1.29, 1.82) is 0 Å². The Morgan fingerprint density at radius 3 is 2.50 bits per heavy atom. The Morgan fingerprint density at radius 1 is 1.04 bits per heavy atom. The summed E-state index contributed by atoms with van der Waals surface area (Å²) in [5, 5.41) is 22.4. The normalized spacial score (nSPS) is 48.3. The van der Waals surface area contributed by atoms with Crippen LogP contribution in [0, 0.1) is 23.7 Å². The molecule has 2 aliphatic heterocycles. The van der Waals surface area contributed by atoms with E-state index in [9.17, 15) is 10.2 Å². The molecule has 4 rings (SSSR count). The molecule has 0 amide bonds. The third-order valence-corrected chi connectivity index (χ3v) is 6.78. The molecule has 3 aliphatic rings. The lowest BCUT2D eigenvalue weighted by Crippen LogP contribution is -2.67. The van der Waals surface area contributed by atoms with Gasteiger partial charge in [0.2, 0.25) is 6.29 Å². The number of para-hydroxylation sites is 1. The van der Waals surface area contributed by atoms with Crippen molar-refractivity contribution in [2.75, 3.05) is 0 Å². The molecule has 0 radical (unpaired) electrons. The third kappa shape index (κ3) is 2.95. The van der Waals surface area contributed by atoms with Crippen molar-refractivity contribution in [2.45, 2.75) is 70.4 Å². The lowest BCUT2D eigenvalue weighted by Gasteiger charge is -2.57. The van der Waals surface area contributed by atoms with Crippen LogP contribution in [0.15, 0.2) is 30.3 Å². The Morgan fingerprint density at radius 2 is 1.77 bits per heavy atom. The van der Waals surface area contributed by atoms with Gasteiger partial charge in [0, 0.05) is 18.3 Å². The van der Waals surface area contributed by atoms with Crippen LogP contribution in [-0.4, -0.2) is 34.2 Å². The molecular formula is C21H30O5. The number of aliphatic hydroxyl groups is 2. The molecule has 1 aromatic carbocycles. The van der Waals surface area contributed by atoms with Gasteiger partial charge in [0.1, 0.15) is 11.4 Å². The van der Waals surface area contributed by atoms with Crippen molar-refractivity contribution in [1.82, 2.24) is 0 Å². The SMILES string of the molecule is CC1CCC2C(C)C(Oc3ccccc3)OC3OC(C)(O)CCC1C32O. The highest BCUT2D eigenvalue weighted by Crippen LogP contribution is 2.55. The minimum Gasteiger partial charge on any atom is -0.465 e. The van der Waals surface area contributed by atoms with E-state index >= 15 is 0 Å². The van der Waals surface area contributed by atoms with Gasteiger partial charge in [-0.2, -0.15) is 0 Å². The van der Waals surface area contributed by atoms with Gasteiger partial charge in [-0.15, -0.1) is 0 Å². The fourth-order valence-electron chi connectivity index (χ4n) is 5.30. The summed E-state index contributed by atoms with van der Waals surface area (Å²) in [6.07, 6.45) is 1.80. The van der Waals surface area contributed by atoms with Gasteiger partial charge in [-0.3, -0.25) is 0 Å². The Labute approximate surface area is 155 Å². The summed E-state index contributed by atoms with van der Waals surface area (Å²) in [7, 11) is 0. The van der Waals surface area contributed by atoms with E-state index in [1.165, 1.54) is 0 Å². The maximum Gasteiger partial charge on any atom is 0.205 e. The predicted octanol–water partition coefficient (Wildman–Crippen LogP) is 3.30. The average molecular weight is 362 g/mol. The summed E-state index contributed by atoms with van der Waals surface area (Å²) in [6, 6.07) is 9.57. The average Bonchev–Trinajstić information content (AvgIpc) is 2.69.